The van der Waals surface area contributed by atoms with E-state index >= 15 is 0 Å². The van der Waals surface area contributed by atoms with Gasteiger partial charge in [-0.1, -0.05) is 18.2 Å². The zero-order valence-electron chi connectivity index (χ0n) is 11.2. The zero-order chi connectivity index (χ0) is 13.0. The summed E-state index contributed by atoms with van der Waals surface area (Å²) in [6, 6.07) is 6.91. The summed E-state index contributed by atoms with van der Waals surface area (Å²) < 4.78 is 11.0. The van der Waals surface area contributed by atoms with Crippen LogP contribution >= 0.6 is 0 Å². The second kappa shape index (κ2) is 6.34. The maximum absolute atomic E-state index is 11.0. The monoisotopic (exact) mass is 266 g/mol. The predicted octanol–water partition coefficient (Wildman–Crippen LogP) is 1.90. The summed E-state index contributed by atoms with van der Waals surface area (Å²) in [6.45, 7) is 4.09. The smallest absolute Gasteiger partial charge is 0.0419 e. The van der Waals surface area contributed by atoms with Gasteiger partial charge in [0.2, 0.25) is 0 Å². The van der Waals surface area contributed by atoms with Crippen molar-refractivity contribution in [2.45, 2.75) is 32.4 Å². The van der Waals surface area contributed by atoms with E-state index in [1.807, 2.05) is 0 Å². The Kier molecular flexibility index (Phi) is 4.78. The molecule has 0 aliphatic carbocycles. The molecule has 100 valence electrons. The van der Waals surface area contributed by atoms with Gasteiger partial charge < -0.3 is 10.6 Å². The number of nitrogens with one attached hydrogen (secondary N) is 2. The minimum absolute atomic E-state index is 0.408. The molecule has 0 bridgehead atoms. The number of hydrogen-bond donors (Lipinski definition) is 2. The van der Waals surface area contributed by atoms with Gasteiger partial charge in [0.05, 0.1) is 0 Å². The fraction of sp³-hybridized carbons (Fsp3) is 0.571. The van der Waals surface area contributed by atoms with Gasteiger partial charge in [-0.05, 0) is 30.9 Å². The lowest BCUT2D eigenvalue weighted by atomic mass is 10.1. The molecule has 0 saturated heterocycles. The van der Waals surface area contributed by atoms with Crippen LogP contribution < -0.4 is 10.6 Å². The van der Waals surface area contributed by atoms with Crippen LogP contribution in [0.5, 0.6) is 0 Å². The number of rotatable bonds is 6. The number of hydrogen-bond acceptors (Lipinski definition) is 3. The molecule has 0 radical (unpaired) electrons. The third-order valence-electron chi connectivity index (χ3n) is 3.41. The van der Waals surface area contributed by atoms with Crippen LogP contribution in [0.3, 0.4) is 0 Å². The first-order chi connectivity index (χ1) is 8.66. The molecule has 0 fully saturated rings. The summed E-state index contributed by atoms with van der Waals surface area (Å²) in [5.74, 6) is 0.777. The number of anilines is 1. The van der Waals surface area contributed by atoms with Crippen LogP contribution in [0.2, 0.25) is 0 Å². The molecule has 0 saturated carbocycles. The van der Waals surface area contributed by atoms with E-state index in [2.05, 4.69) is 35.8 Å². The van der Waals surface area contributed by atoms with Crippen molar-refractivity contribution in [1.82, 2.24) is 5.32 Å². The molecular weight excluding hydrogens is 244 g/mol. The minimum atomic E-state index is -0.686. The van der Waals surface area contributed by atoms with Crippen LogP contribution in [0.1, 0.15) is 24.5 Å². The fourth-order valence-corrected chi connectivity index (χ4v) is 2.97. The first-order valence-corrected chi connectivity index (χ1v) is 8.27. The first kappa shape index (κ1) is 13.6. The van der Waals surface area contributed by atoms with Crippen LogP contribution in [-0.4, -0.2) is 28.8 Å². The van der Waals surface area contributed by atoms with Crippen molar-refractivity contribution in [3.05, 3.63) is 29.3 Å². The van der Waals surface area contributed by atoms with Gasteiger partial charge in [-0.25, -0.2) is 0 Å². The number of benzene rings is 1. The topological polar surface area (TPSA) is 41.1 Å². The van der Waals surface area contributed by atoms with Gasteiger partial charge in [0, 0.05) is 47.6 Å². The van der Waals surface area contributed by atoms with Crippen molar-refractivity contribution < 1.29 is 4.21 Å². The Morgan fingerprint density at radius 2 is 2.33 bits per heavy atom. The average Bonchev–Trinajstić information content (AvgIpc) is 2.82. The summed E-state index contributed by atoms with van der Waals surface area (Å²) in [5.41, 5.74) is 4.09. The van der Waals surface area contributed by atoms with Gasteiger partial charge in [-0.2, -0.15) is 0 Å². The molecule has 2 atom stereocenters. The molecule has 1 aromatic rings. The lowest BCUT2D eigenvalue weighted by molar-refractivity contribution is 0.535. The molecule has 18 heavy (non-hydrogen) atoms. The second-order valence-corrected chi connectivity index (χ2v) is 6.53. The Balaban J connectivity index is 1.87. The van der Waals surface area contributed by atoms with E-state index < -0.39 is 10.8 Å². The standard InChI is InChI=1S/C14H22N2OS/c1-11(7-9-18(2)17)16-10-13-5-3-4-12-6-8-15-14(12)13/h3-5,11,15-16H,6-10H2,1-2H3. The van der Waals surface area contributed by atoms with Gasteiger partial charge in [-0.15, -0.1) is 0 Å². The molecule has 1 aromatic carbocycles. The van der Waals surface area contributed by atoms with Crippen LogP contribution in [-0.2, 0) is 23.8 Å². The summed E-state index contributed by atoms with van der Waals surface area (Å²) in [7, 11) is -0.686. The highest BCUT2D eigenvalue weighted by Gasteiger charge is 2.13. The predicted molar refractivity (Wildman–Crippen MR) is 78.5 cm³/mol. The molecule has 1 aliphatic heterocycles. The van der Waals surface area contributed by atoms with Gasteiger partial charge >= 0.3 is 0 Å². The normalized spacial score (nSPS) is 17.0. The molecule has 0 aromatic heterocycles. The van der Waals surface area contributed by atoms with Crippen molar-refractivity contribution in [1.29, 1.82) is 0 Å². The highest BCUT2D eigenvalue weighted by molar-refractivity contribution is 7.84. The first-order valence-electron chi connectivity index (χ1n) is 6.55. The van der Waals surface area contributed by atoms with E-state index in [0.29, 0.717) is 6.04 Å². The molecular formula is C14H22N2OS. The molecule has 2 N–H and O–H groups in total. The Hall–Kier alpha value is -0.870. The van der Waals surface area contributed by atoms with Crippen molar-refractivity contribution in [2.24, 2.45) is 0 Å². The molecule has 0 amide bonds. The Labute approximate surface area is 112 Å². The van der Waals surface area contributed by atoms with E-state index in [0.717, 1.165) is 31.7 Å². The quantitative estimate of drug-likeness (QED) is 0.826. The molecule has 1 heterocycles. The van der Waals surface area contributed by atoms with E-state index in [1.165, 1.54) is 16.8 Å². The molecule has 1 aliphatic rings. The minimum Gasteiger partial charge on any atom is -0.384 e. The Morgan fingerprint density at radius 1 is 1.50 bits per heavy atom. The zero-order valence-corrected chi connectivity index (χ0v) is 12.0. The van der Waals surface area contributed by atoms with Crippen LogP contribution in [0, 0.1) is 0 Å². The van der Waals surface area contributed by atoms with E-state index in [9.17, 15) is 4.21 Å². The van der Waals surface area contributed by atoms with E-state index in [4.69, 9.17) is 0 Å². The molecule has 0 spiro atoms. The van der Waals surface area contributed by atoms with Crippen molar-refractivity contribution >= 4 is 16.5 Å². The SMILES string of the molecule is CC(CCS(C)=O)NCc1cccc2c1NCC2. The third-order valence-corrected chi connectivity index (χ3v) is 4.22. The third kappa shape index (κ3) is 3.56. The van der Waals surface area contributed by atoms with Gasteiger partial charge in [-0.3, -0.25) is 4.21 Å². The molecule has 2 unspecified atom stereocenters. The van der Waals surface area contributed by atoms with E-state index in [1.54, 1.807) is 6.26 Å². The molecule has 4 heteroatoms. The summed E-state index contributed by atoms with van der Waals surface area (Å²) in [5, 5.41) is 6.96. The summed E-state index contributed by atoms with van der Waals surface area (Å²) in [4.78, 5) is 0. The van der Waals surface area contributed by atoms with Gasteiger partial charge in [0.15, 0.2) is 0 Å². The van der Waals surface area contributed by atoms with Crippen LogP contribution in [0.25, 0.3) is 0 Å². The largest absolute Gasteiger partial charge is 0.384 e. The summed E-state index contributed by atoms with van der Waals surface area (Å²) in [6.07, 6.45) is 3.86. The number of fused-ring (bicyclic) bond motifs is 1. The highest BCUT2D eigenvalue weighted by atomic mass is 32.2. The van der Waals surface area contributed by atoms with Crippen LogP contribution in [0.4, 0.5) is 5.69 Å². The highest BCUT2D eigenvalue weighted by Crippen LogP contribution is 2.26. The van der Waals surface area contributed by atoms with Gasteiger partial charge in [0.1, 0.15) is 0 Å². The lowest BCUT2D eigenvalue weighted by Crippen LogP contribution is -2.27. The maximum Gasteiger partial charge on any atom is 0.0419 e. The number of para-hydroxylation sites is 1. The van der Waals surface area contributed by atoms with Crippen molar-refractivity contribution in [3.63, 3.8) is 0 Å². The molecule has 2 rings (SSSR count). The average molecular weight is 266 g/mol. The second-order valence-electron chi connectivity index (χ2n) is 4.98. The van der Waals surface area contributed by atoms with Crippen LogP contribution in [0.15, 0.2) is 18.2 Å². The van der Waals surface area contributed by atoms with Gasteiger partial charge in [0.25, 0.3) is 0 Å². The fourth-order valence-electron chi connectivity index (χ4n) is 2.29. The van der Waals surface area contributed by atoms with Crippen molar-refractivity contribution in [2.75, 3.05) is 23.9 Å². The summed E-state index contributed by atoms with van der Waals surface area (Å²) >= 11 is 0. The molecule has 3 nitrogen and oxygen atoms in total. The lowest BCUT2D eigenvalue weighted by Gasteiger charge is -2.15. The van der Waals surface area contributed by atoms with E-state index in [-0.39, 0.29) is 0 Å². The Morgan fingerprint density at radius 3 is 3.11 bits per heavy atom. The maximum atomic E-state index is 11.0. The van der Waals surface area contributed by atoms with Crippen molar-refractivity contribution in [3.8, 4) is 0 Å². The Bertz CT molecular complexity index is 434.